The lowest BCUT2D eigenvalue weighted by atomic mass is 10.2. The Bertz CT molecular complexity index is 639. The van der Waals surface area contributed by atoms with Gasteiger partial charge in [-0.1, -0.05) is 6.92 Å². The first-order chi connectivity index (χ1) is 10.7. The molecule has 120 valence electrons. The number of rotatable bonds is 8. The van der Waals surface area contributed by atoms with Crippen LogP contribution in [0.3, 0.4) is 0 Å². The standard InChI is InChI=1S/C15H21N3O4/c1-3-11-13(15(20)16-6-9-22-10-8-19)18-7-4-5-12(21-2)14(18)17-11/h4-5,7,19H,3,6,8-10H2,1-2H3,(H,16,20). The summed E-state index contributed by atoms with van der Waals surface area (Å²) in [5.41, 5.74) is 1.86. The van der Waals surface area contributed by atoms with Gasteiger partial charge in [-0.3, -0.25) is 9.20 Å². The molecule has 0 saturated carbocycles. The first kappa shape index (κ1) is 16.3. The van der Waals surface area contributed by atoms with Crippen LogP contribution in [0.15, 0.2) is 18.3 Å². The van der Waals surface area contributed by atoms with Crippen molar-refractivity contribution in [3.05, 3.63) is 29.7 Å². The van der Waals surface area contributed by atoms with Crippen LogP contribution in [0.5, 0.6) is 5.75 Å². The van der Waals surface area contributed by atoms with Crippen LogP contribution in [0, 0.1) is 0 Å². The molecule has 2 N–H and O–H groups in total. The Morgan fingerprint density at radius 1 is 1.45 bits per heavy atom. The average molecular weight is 307 g/mol. The third-order valence-electron chi connectivity index (χ3n) is 3.22. The molecule has 1 amide bonds. The van der Waals surface area contributed by atoms with Crippen LogP contribution in [0.25, 0.3) is 5.65 Å². The van der Waals surface area contributed by atoms with Crippen molar-refractivity contribution in [1.29, 1.82) is 0 Å². The molecule has 0 spiro atoms. The molecule has 7 heteroatoms. The zero-order chi connectivity index (χ0) is 15.9. The number of hydrogen-bond acceptors (Lipinski definition) is 5. The highest BCUT2D eigenvalue weighted by Crippen LogP contribution is 2.22. The highest BCUT2D eigenvalue weighted by Gasteiger charge is 2.19. The van der Waals surface area contributed by atoms with E-state index >= 15 is 0 Å². The number of methoxy groups -OCH3 is 1. The number of aryl methyl sites for hydroxylation is 1. The fourth-order valence-electron chi connectivity index (χ4n) is 2.22. The van der Waals surface area contributed by atoms with E-state index in [1.807, 2.05) is 19.1 Å². The molecule has 0 unspecified atom stereocenters. The van der Waals surface area contributed by atoms with Gasteiger partial charge in [0.25, 0.3) is 5.91 Å². The monoisotopic (exact) mass is 307 g/mol. The summed E-state index contributed by atoms with van der Waals surface area (Å²) >= 11 is 0. The lowest BCUT2D eigenvalue weighted by Crippen LogP contribution is -2.29. The van der Waals surface area contributed by atoms with E-state index in [2.05, 4.69) is 10.3 Å². The van der Waals surface area contributed by atoms with Crippen LogP contribution >= 0.6 is 0 Å². The molecule has 0 fully saturated rings. The SMILES string of the molecule is CCc1nc2c(OC)cccn2c1C(=O)NCCOCCO. The van der Waals surface area contributed by atoms with Gasteiger partial charge in [-0.15, -0.1) is 0 Å². The van der Waals surface area contributed by atoms with E-state index in [4.69, 9.17) is 14.6 Å². The molecule has 2 rings (SSSR count). The quantitative estimate of drug-likeness (QED) is 0.699. The predicted molar refractivity (Wildman–Crippen MR) is 81.4 cm³/mol. The van der Waals surface area contributed by atoms with E-state index in [1.54, 1.807) is 17.7 Å². The maximum absolute atomic E-state index is 12.4. The molecule has 0 saturated heterocycles. The molecule has 0 atom stereocenters. The number of aliphatic hydroxyl groups excluding tert-OH is 1. The number of imidazole rings is 1. The Morgan fingerprint density at radius 2 is 2.27 bits per heavy atom. The molecule has 0 radical (unpaired) electrons. The number of pyridine rings is 1. The van der Waals surface area contributed by atoms with Crippen LogP contribution in [-0.4, -0.2) is 53.9 Å². The number of nitrogens with one attached hydrogen (secondary N) is 1. The normalized spacial score (nSPS) is 10.9. The number of carbonyl (C=O) groups is 1. The van der Waals surface area contributed by atoms with E-state index in [9.17, 15) is 4.79 Å². The third-order valence-corrected chi connectivity index (χ3v) is 3.22. The highest BCUT2D eigenvalue weighted by atomic mass is 16.5. The Hall–Kier alpha value is -2.12. The second kappa shape index (κ2) is 7.77. The number of aromatic nitrogens is 2. The van der Waals surface area contributed by atoms with Crippen LogP contribution < -0.4 is 10.1 Å². The Labute approximate surface area is 128 Å². The third kappa shape index (κ3) is 3.37. The predicted octanol–water partition coefficient (Wildman–Crippen LogP) is 0.644. The summed E-state index contributed by atoms with van der Waals surface area (Å²) in [5.74, 6) is 0.424. The molecular weight excluding hydrogens is 286 g/mol. The topological polar surface area (TPSA) is 85.1 Å². The van der Waals surface area contributed by atoms with Gasteiger partial charge in [0, 0.05) is 12.7 Å². The second-order valence-corrected chi connectivity index (χ2v) is 4.62. The van der Waals surface area contributed by atoms with Gasteiger partial charge in [0.2, 0.25) is 0 Å². The number of amides is 1. The van der Waals surface area contributed by atoms with Crippen LogP contribution in [0.1, 0.15) is 23.1 Å². The summed E-state index contributed by atoms with van der Waals surface area (Å²) < 4.78 is 12.1. The average Bonchev–Trinajstić information content (AvgIpc) is 2.93. The lowest BCUT2D eigenvalue weighted by Gasteiger charge is -2.07. The molecular formula is C15H21N3O4. The molecule has 2 aromatic rings. The minimum Gasteiger partial charge on any atom is -0.493 e. The number of aliphatic hydroxyl groups is 1. The number of carbonyl (C=O) groups excluding carboxylic acids is 1. The number of fused-ring (bicyclic) bond motifs is 1. The lowest BCUT2D eigenvalue weighted by molar-refractivity contribution is 0.0834. The van der Waals surface area contributed by atoms with Crippen molar-refractivity contribution in [1.82, 2.24) is 14.7 Å². The van der Waals surface area contributed by atoms with Gasteiger partial charge in [0.15, 0.2) is 11.4 Å². The smallest absolute Gasteiger partial charge is 0.270 e. The molecule has 0 aliphatic carbocycles. The molecule has 2 heterocycles. The molecule has 2 aromatic heterocycles. The molecule has 0 aromatic carbocycles. The van der Waals surface area contributed by atoms with Crippen LogP contribution in [0.4, 0.5) is 0 Å². The van der Waals surface area contributed by atoms with Crippen molar-refractivity contribution in [2.75, 3.05) is 33.5 Å². The van der Waals surface area contributed by atoms with E-state index in [0.717, 1.165) is 5.69 Å². The van der Waals surface area contributed by atoms with Crippen molar-refractivity contribution >= 4 is 11.6 Å². The summed E-state index contributed by atoms with van der Waals surface area (Å²) in [7, 11) is 1.58. The molecule has 0 bridgehead atoms. The van der Waals surface area contributed by atoms with E-state index in [-0.39, 0.29) is 19.1 Å². The summed E-state index contributed by atoms with van der Waals surface area (Å²) in [5, 5.41) is 11.4. The van der Waals surface area contributed by atoms with Crippen molar-refractivity contribution in [2.45, 2.75) is 13.3 Å². The fraction of sp³-hybridized carbons (Fsp3) is 0.467. The van der Waals surface area contributed by atoms with Crippen molar-refractivity contribution < 1.29 is 19.4 Å². The Kier molecular flexibility index (Phi) is 5.74. The largest absolute Gasteiger partial charge is 0.493 e. The Morgan fingerprint density at radius 3 is 2.95 bits per heavy atom. The molecule has 0 aliphatic rings. The van der Waals surface area contributed by atoms with E-state index < -0.39 is 0 Å². The summed E-state index contributed by atoms with van der Waals surface area (Å²) in [6.45, 7) is 2.92. The molecule has 7 nitrogen and oxygen atoms in total. The van der Waals surface area contributed by atoms with Crippen LogP contribution in [-0.2, 0) is 11.2 Å². The van der Waals surface area contributed by atoms with Crippen molar-refractivity contribution in [3.8, 4) is 5.75 Å². The van der Waals surface area contributed by atoms with Gasteiger partial charge < -0.3 is 19.9 Å². The van der Waals surface area contributed by atoms with Gasteiger partial charge in [-0.2, -0.15) is 0 Å². The maximum atomic E-state index is 12.4. The minimum atomic E-state index is -0.204. The summed E-state index contributed by atoms with van der Waals surface area (Å²) in [6.07, 6.45) is 2.44. The maximum Gasteiger partial charge on any atom is 0.270 e. The zero-order valence-corrected chi connectivity index (χ0v) is 12.8. The first-order valence-corrected chi connectivity index (χ1v) is 7.23. The summed E-state index contributed by atoms with van der Waals surface area (Å²) in [6, 6.07) is 3.63. The second-order valence-electron chi connectivity index (χ2n) is 4.62. The fourth-order valence-corrected chi connectivity index (χ4v) is 2.22. The van der Waals surface area contributed by atoms with Gasteiger partial charge in [-0.25, -0.2) is 4.98 Å². The molecule has 0 aliphatic heterocycles. The van der Waals surface area contributed by atoms with Gasteiger partial charge >= 0.3 is 0 Å². The number of ether oxygens (including phenoxy) is 2. The minimum absolute atomic E-state index is 0.0268. The van der Waals surface area contributed by atoms with E-state index in [1.165, 1.54) is 0 Å². The van der Waals surface area contributed by atoms with Crippen LogP contribution in [0.2, 0.25) is 0 Å². The Balaban J connectivity index is 2.20. The van der Waals surface area contributed by atoms with Gasteiger partial charge in [0.1, 0.15) is 5.69 Å². The van der Waals surface area contributed by atoms with Crippen molar-refractivity contribution in [2.24, 2.45) is 0 Å². The first-order valence-electron chi connectivity index (χ1n) is 7.23. The van der Waals surface area contributed by atoms with Gasteiger partial charge in [0.05, 0.1) is 32.6 Å². The molecule has 22 heavy (non-hydrogen) atoms. The van der Waals surface area contributed by atoms with E-state index in [0.29, 0.717) is 36.7 Å². The van der Waals surface area contributed by atoms with Gasteiger partial charge in [-0.05, 0) is 18.6 Å². The van der Waals surface area contributed by atoms with Crippen molar-refractivity contribution in [3.63, 3.8) is 0 Å². The summed E-state index contributed by atoms with van der Waals surface area (Å²) in [4.78, 5) is 16.9. The zero-order valence-electron chi connectivity index (χ0n) is 12.8. The number of hydrogen-bond donors (Lipinski definition) is 2. The highest BCUT2D eigenvalue weighted by molar-refractivity contribution is 5.95. The number of nitrogens with zero attached hydrogens (tertiary/aromatic N) is 2.